The van der Waals surface area contributed by atoms with Crippen LogP contribution in [0.15, 0.2) is 23.1 Å². The molecule has 0 radical (unpaired) electrons. The third-order valence-corrected chi connectivity index (χ3v) is 6.79. The molecule has 1 aliphatic carbocycles. The predicted octanol–water partition coefficient (Wildman–Crippen LogP) is 4.71. The highest BCUT2D eigenvalue weighted by Crippen LogP contribution is 2.32. The van der Waals surface area contributed by atoms with E-state index in [-0.39, 0.29) is 16.0 Å². The molecular formula is C14H18BrCl2NO2S. The molecule has 0 heterocycles. The summed E-state index contributed by atoms with van der Waals surface area (Å²) < 4.78 is 27.5. The van der Waals surface area contributed by atoms with Crippen LogP contribution in [0.5, 0.6) is 0 Å². The van der Waals surface area contributed by atoms with Crippen LogP contribution >= 0.6 is 39.1 Å². The van der Waals surface area contributed by atoms with Gasteiger partial charge in [0.1, 0.15) is 4.90 Å². The summed E-state index contributed by atoms with van der Waals surface area (Å²) >= 11 is 15.4. The lowest BCUT2D eigenvalue weighted by molar-refractivity contribution is 0.263. The zero-order valence-corrected chi connectivity index (χ0v) is 15.5. The van der Waals surface area contributed by atoms with Crippen LogP contribution in [0.4, 0.5) is 0 Å². The van der Waals surface area contributed by atoms with Crippen molar-refractivity contribution in [3.05, 3.63) is 28.2 Å². The summed E-state index contributed by atoms with van der Waals surface area (Å²) in [5.74, 6) is 0. The summed E-state index contributed by atoms with van der Waals surface area (Å²) in [5, 5.41) is 1.19. The van der Waals surface area contributed by atoms with Crippen LogP contribution in [0.1, 0.15) is 32.1 Å². The van der Waals surface area contributed by atoms with Crippen molar-refractivity contribution in [1.82, 2.24) is 4.31 Å². The number of rotatable bonds is 5. The molecule has 0 N–H and O–H groups in total. The fourth-order valence-electron chi connectivity index (χ4n) is 2.75. The minimum atomic E-state index is -3.63. The third-order valence-electron chi connectivity index (χ3n) is 3.77. The highest BCUT2D eigenvalue weighted by molar-refractivity contribution is 9.09. The Bertz CT molecular complexity index is 589. The molecule has 1 aliphatic rings. The van der Waals surface area contributed by atoms with Gasteiger partial charge in [0.2, 0.25) is 10.0 Å². The second kappa shape index (κ2) is 7.64. The Hall–Kier alpha value is 0.190. The quantitative estimate of drug-likeness (QED) is 0.654. The first-order valence-corrected chi connectivity index (χ1v) is 10.3. The average Bonchev–Trinajstić information content (AvgIpc) is 2.48. The molecule has 7 heteroatoms. The van der Waals surface area contributed by atoms with Crippen molar-refractivity contribution in [2.45, 2.75) is 43.0 Å². The van der Waals surface area contributed by atoms with Gasteiger partial charge in [-0.15, -0.1) is 0 Å². The van der Waals surface area contributed by atoms with Gasteiger partial charge in [0.05, 0.1) is 5.02 Å². The number of hydrogen-bond acceptors (Lipinski definition) is 2. The molecule has 0 atom stereocenters. The molecule has 0 unspecified atom stereocenters. The Balaban J connectivity index is 2.39. The van der Waals surface area contributed by atoms with Crippen LogP contribution in [-0.2, 0) is 10.0 Å². The van der Waals surface area contributed by atoms with Gasteiger partial charge in [0.15, 0.2) is 0 Å². The van der Waals surface area contributed by atoms with Crippen molar-refractivity contribution in [1.29, 1.82) is 0 Å². The van der Waals surface area contributed by atoms with E-state index in [1.807, 2.05) is 0 Å². The van der Waals surface area contributed by atoms with E-state index in [9.17, 15) is 8.42 Å². The molecule has 1 saturated carbocycles. The van der Waals surface area contributed by atoms with Crippen molar-refractivity contribution >= 4 is 49.2 Å². The first-order valence-electron chi connectivity index (χ1n) is 6.99. The second-order valence-electron chi connectivity index (χ2n) is 5.17. The van der Waals surface area contributed by atoms with E-state index in [0.717, 1.165) is 25.7 Å². The van der Waals surface area contributed by atoms with E-state index < -0.39 is 10.0 Å². The van der Waals surface area contributed by atoms with Crippen LogP contribution in [0.25, 0.3) is 0 Å². The molecule has 1 fully saturated rings. The van der Waals surface area contributed by atoms with Crippen LogP contribution in [0.2, 0.25) is 10.0 Å². The first-order chi connectivity index (χ1) is 9.96. The monoisotopic (exact) mass is 413 g/mol. The predicted molar refractivity (Wildman–Crippen MR) is 91.0 cm³/mol. The minimum Gasteiger partial charge on any atom is -0.207 e. The fourth-order valence-corrected chi connectivity index (χ4v) is 5.79. The number of halogens is 3. The number of hydrogen-bond donors (Lipinski definition) is 0. The van der Waals surface area contributed by atoms with E-state index >= 15 is 0 Å². The van der Waals surface area contributed by atoms with Crippen molar-refractivity contribution in [3.8, 4) is 0 Å². The minimum absolute atomic E-state index is 0.0522. The molecule has 1 aromatic rings. The van der Waals surface area contributed by atoms with Gasteiger partial charge in [-0.25, -0.2) is 8.42 Å². The van der Waals surface area contributed by atoms with E-state index in [1.54, 1.807) is 10.4 Å². The highest BCUT2D eigenvalue weighted by atomic mass is 79.9. The second-order valence-corrected chi connectivity index (χ2v) is 8.67. The van der Waals surface area contributed by atoms with Gasteiger partial charge in [-0.1, -0.05) is 58.4 Å². The topological polar surface area (TPSA) is 37.4 Å². The molecule has 0 spiro atoms. The molecule has 3 nitrogen and oxygen atoms in total. The summed E-state index contributed by atoms with van der Waals surface area (Å²) in [6, 6.07) is 4.61. The molecule has 0 amide bonds. The van der Waals surface area contributed by atoms with Gasteiger partial charge in [-0.05, 0) is 31.0 Å². The Morgan fingerprint density at radius 1 is 1.19 bits per heavy atom. The number of nitrogens with zero attached hydrogens (tertiary/aromatic N) is 1. The van der Waals surface area contributed by atoms with Crippen LogP contribution in [-0.4, -0.2) is 30.6 Å². The highest BCUT2D eigenvalue weighted by Gasteiger charge is 2.33. The third kappa shape index (κ3) is 4.14. The van der Waals surface area contributed by atoms with E-state index in [2.05, 4.69) is 15.9 Å². The molecule has 21 heavy (non-hydrogen) atoms. The van der Waals surface area contributed by atoms with E-state index in [4.69, 9.17) is 23.2 Å². The van der Waals surface area contributed by atoms with Gasteiger partial charge < -0.3 is 0 Å². The van der Waals surface area contributed by atoms with Crippen molar-refractivity contribution in [2.75, 3.05) is 11.9 Å². The Morgan fingerprint density at radius 3 is 2.48 bits per heavy atom. The summed E-state index contributed by atoms with van der Waals surface area (Å²) in [6.07, 6.45) is 5.13. The lowest BCUT2D eigenvalue weighted by atomic mass is 9.95. The van der Waals surface area contributed by atoms with Crippen LogP contribution < -0.4 is 0 Å². The van der Waals surface area contributed by atoms with Gasteiger partial charge in [0, 0.05) is 22.9 Å². The maximum absolute atomic E-state index is 13.0. The van der Waals surface area contributed by atoms with Gasteiger partial charge >= 0.3 is 0 Å². The number of sulfonamides is 1. The lowest BCUT2D eigenvalue weighted by Gasteiger charge is -2.33. The Morgan fingerprint density at radius 2 is 1.86 bits per heavy atom. The summed E-state index contributed by atoms with van der Waals surface area (Å²) in [7, 11) is -3.63. The van der Waals surface area contributed by atoms with Gasteiger partial charge in [0.25, 0.3) is 0 Å². The molecular weight excluding hydrogens is 397 g/mol. The largest absolute Gasteiger partial charge is 0.244 e. The number of alkyl halides is 1. The Labute approximate surface area is 144 Å². The smallest absolute Gasteiger partial charge is 0.207 e. The van der Waals surface area contributed by atoms with Crippen LogP contribution in [0, 0.1) is 0 Å². The molecule has 1 aromatic carbocycles. The number of benzene rings is 1. The Kier molecular flexibility index (Phi) is 6.38. The van der Waals surface area contributed by atoms with Crippen molar-refractivity contribution in [2.24, 2.45) is 0 Å². The van der Waals surface area contributed by atoms with Gasteiger partial charge in [-0.3, -0.25) is 0 Å². The average molecular weight is 415 g/mol. The zero-order valence-electron chi connectivity index (χ0n) is 11.6. The maximum atomic E-state index is 13.0. The first kappa shape index (κ1) is 17.5. The fraction of sp³-hybridized carbons (Fsp3) is 0.571. The summed E-state index contributed by atoms with van der Waals surface area (Å²) in [5.41, 5.74) is 0. The molecule has 0 aromatic heterocycles. The van der Waals surface area contributed by atoms with E-state index in [0.29, 0.717) is 16.9 Å². The SMILES string of the molecule is O=S(=O)(c1cc(Cl)ccc1Cl)N(CCBr)C1CCCCC1. The zero-order chi connectivity index (χ0) is 15.5. The lowest BCUT2D eigenvalue weighted by Crippen LogP contribution is -2.42. The summed E-state index contributed by atoms with van der Waals surface area (Å²) in [4.78, 5) is 0.100. The van der Waals surface area contributed by atoms with E-state index in [1.165, 1.54) is 18.6 Å². The molecule has 0 bridgehead atoms. The van der Waals surface area contributed by atoms with Gasteiger partial charge in [-0.2, -0.15) is 4.31 Å². The summed E-state index contributed by atoms with van der Waals surface area (Å²) in [6.45, 7) is 0.440. The maximum Gasteiger partial charge on any atom is 0.244 e. The normalized spacial score (nSPS) is 17.3. The standard InChI is InChI=1S/C14H18BrCl2NO2S/c15-8-9-18(12-4-2-1-3-5-12)21(19,20)14-10-11(16)6-7-13(14)17/h6-7,10,12H,1-5,8-9H2. The molecule has 0 aliphatic heterocycles. The molecule has 118 valence electrons. The van der Waals surface area contributed by atoms with Crippen LogP contribution in [0.3, 0.4) is 0 Å². The molecule has 0 saturated heterocycles. The van der Waals surface area contributed by atoms with Crippen molar-refractivity contribution < 1.29 is 8.42 Å². The van der Waals surface area contributed by atoms with Crippen molar-refractivity contribution in [3.63, 3.8) is 0 Å². The molecule has 2 rings (SSSR count).